The minimum absolute atomic E-state index is 0.0833. The van der Waals surface area contributed by atoms with Crippen LogP contribution in [-0.4, -0.2) is 48.7 Å². The predicted molar refractivity (Wildman–Crippen MR) is 99.5 cm³/mol. The fourth-order valence-electron chi connectivity index (χ4n) is 1.88. The first kappa shape index (κ1) is 24.2. The molecule has 9 nitrogen and oxygen atoms in total. The van der Waals surface area contributed by atoms with Crippen molar-refractivity contribution < 1.29 is 45.0 Å². The number of aromatic carboxylic acids is 2. The lowest BCUT2D eigenvalue weighted by Crippen LogP contribution is -2.10. The Morgan fingerprint density at radius 2 is 1.07 bits per heavy atom. The van der Waals surface area contributed by atoms with Gasteiger partial charge in [0.15, 0.2) is 0 Å². The summed E-state index contributed by atoms with van der Waals surface area (Å²) in [5.41, 5.74) is 0.797. The van der Waals surface area contributed by atoms with Gasteiger partial charge < -0.3 is 30.6 Å². The van der Waals surface area contributed by atoms with E-state index in [9.17, 15) is 19.8 Å². The van der Waals surface area contributed by atoms with Crippen LogP contribution in [0.3, 0.4) is 0 Å². The topological polar surface area (TPSA) is 173 Å². The summed E-state index contributed by atoms with van der Waals surface area (Å²) in [7, 11) is 0. The SMILES string of the molecule is CC(C)(C)c1cc(O)ccc1O.O=C(O)O.O=C(O)c1ccc(C(=O)O)cc1. The Morgan fingerprint density at radius 3 is 1.32 bits per heavy atom. The molecule has 2 aromatic carbocycles. The molecule has 28 heavy (non-hydrogen) atoms. The Morgan fingerprint density at radius 1 is 0.714 bits per heavy atom. The third kappa shape index (κ3) is 9.09. The molecule has 0 spiro atoms. The fraction of sp³-hybridized carbons (Fsp3) is 0.211. The normalized spacial score (nSPS) is 9.82. The van der Waals surface area contributed by atoms with Crippen molar-refractivity contribution in [3.63, 3.8) is 0 Å². The number of benzene rings is 2. The number of rotatable bonds is 2. The molecule has 152 valence electrons. The molecule has 0 saturated carbocycles. The Kier molecular flexibility index (Phi) is 9.02. The number of hydrogen-bond donors (Lipinski definition) is 6. The molecule has 0 aliphatic heterocycles. The van der Waals surface area contributed by atoms with Gasteiger partial charge in [0, 0.05) is 5.56 Å². The molecular formula is C19H22O9. The summed E-state index contributed by atoms with van der Waals surface area (Å²) in [6.45, 7) is 5.96. The van der Waals surface area contributed by atoms with Gasteiger partial charge in [-0.1, -0.05) is 20.8 Å². The minimum atomic E-state index is -1.83. The van der Waals surface area contributed by atoms with Crippen molar-refractivity contribution in [1.82, 2.24) is 0 Å². The summed E-state index contributed by atoms with van der Waals surface area (Å²) in [6.07, 6.45) is -1.83. The van der Waals surface area contributed by atoms with Gasteiger partial charge in [-0.2, -0.15) is 0 Å². The number of phenolic OH excluding ortho intramolecular Hbond substituents is 2. The van der Waals surface area contributed by atoms with Gasteiger partial charge in [-0.25, -0.2) is 14.4 Å². The summed E-state index contributed by atoms with van der Waals surface area (Å²) in [5, 5.41) is 49.5. The zero-order valence-corrected chi connectivity index (χ0v) is 15.4. The highest BCUT2D eigenvalue weighted by Gasteiger charge is 2.18. The van der Waals surface area contributed by atoms with E-state index in [4.69, 9.17) is 25.2 Å². The van der Waals surface area contributed by atoms with Gasteiger partial charge in [0.25, 0.3) is 0 Å². The zero-order valence-electron chi connectivity index (χ0n) is 15.4. The third-order valence-electron chi connectivity index (χ3n) is 3.17. The predicted octanol–water partition coefficient (Wildman–Crippen LogP) is 3.70. The van der Waals surface area contributed by atoms with Crippen LogP contribution in [0.4, 0.5) is 4.79 Å². The monoisotopic (exact) mass is 394 g/mol. The summed E-state index contributed by atoms with van der Waals surface area (Å²) in [6, 6.07) is 9.60. The summed E-state index contributed by atoms with van der Waals surface area (Å²) < 4.78 is 0. The number of hydrogen-bond acceptors (Lipinski definition) is 5. The Labute approximate surface area is 160 Å². The van der Waals surface area contributed by atoms with Crippen molar-refractivity contribution in [2.75, 3.05) is 0 Å². The first-order chi connectivity index (χ1) is 12.8. The number of phenols is 2. The standard InChI is InChI=1S/C10H14O2.C8H6O4.CH2O3/c1-10(2,3)8-6-7(11)4-5-9(8)12;9-7(10)5-1-2-6(4-3-5)8(11)12;2-1(3)4/h4-6,11-12H,1-3H3;1-4H,(H,9,10)(H,11,12);(H2,2,3,4). The van der Waals surface area contributed by atoms with E-state index in [0.717, 1.165) is 5.56 Å². The molecule has 0 bridgehead atoms. The maximum Gasteiger partial charge on any atom is 0.503 e. The lowest BCUT2D eigenvalue weighted by Gasteiger charge is -2.20. The summed E-state index contributed by atoms with van der Waals surface area (Å²) in [5.74, 6) is -1.70. The average Bonchev–Trinajstić information content (AvgIpc) is 2.56. The van der Waals surface area contributed by atoms with Crippen LogP contribution in [0.2, 0.25) is 0 Å². The molecule has 0 atom stereocenters. The third-order valence-corrected chi connectivity index (χ3v) is 3.17. The summed E-state index contributed by atoms with van der Waals surface area (Å²) >= 11 is 0. The molecule has 0 saturated heterocycles. The summed E-state index contributed by atoms with van der Waals surface area (Å²) in [4.78, 5) is 29.2. The van der Waals surface area contributed by atoms with E-state index >= 15 is 0 Å². The van der Waals surface area contributed by atoms with Gasteiger partial charge in [-0.3, -0.25) is 0 Å². The molecule has 0 aliphatic carbocycles. The second-order valence-corrected chi connectivity index (χ2v) is 6.42. The molecule has 0 amide bonds. The van der Waals surface area contributed by atoms with Gasteiger partial charge in [-0.15, -0.1) is 0 Å². The average molecular weight is 394 g/mol. The molecule has 0 fully saturated rings. The lowest BCUT2D eigenvalue weighted by atomic mass is 9.86. The maximum absolute atomic E-state index is 10.3. The molecule has 0 unspecified atom stereocenters. The van der Waals surface area contributed by atoms with Gasteiger partial charge in [0.1, 0.15) is 11.5 Å². The molecule has 0 radical (unpaired) electrons. The molecule has 6 N–H and O–H groups in total. The van der Waals surface area contributed by atoms with Crippen LogP contribution in [0.5, 0.6) is 11.5 Å². The second-order valence-electron chi connectivity index (χ2n) is 6.42. The minimum Gasteiger partial charge on any atom is -0.508 e. The van der Waals surface area contributed by atoms with Crippen molar-refractivity contribution in [2.45, 2.75) is 26.2 Å². The van der Waals surface area contributed by atoms with Crippen LogP contribution in [0.25, 0.3) is 0 Å². The highest BCUT2D eigenvalue weighted by molar-refractivity contribution is 5.91. The zero-order chi connectivity index (χ0) is 22.1. The van der Waals surface area contributed by atoms with Gasteiger partial charge in [0.05, 0.1) is 11.1 Å². The van der Waals surface area contributed by atoms with E-state index in [1.807, 2.05) is 20.8 Å². The Hall–Kier alpha value is -3.75. The van der Waals surface area contributed by atoms with E-state index in [2.05, 4.69) is 0 Å². The van der Waals surface area contributed by atoms with Crippen LogP contribution in [0.15, 0.2) is 42.5 Å². The Bertz CT molecular complexity index is 781. The quantitative estimate of drug-likeness (QED) is 0.415. The fourth-order valence-corrected chi connectivity index (χ4v) is 1.88. The van der Waals surface area contributed by atoms with Gasteiger partial charge >= 0.3 is 18.1 Å². The first-order valence-electron chi connectivity index (χ1n) is 7.76. The van der Waals surface area contributed by atoms with Crippen molar-refractivity contribution in [3.05, 3.63) is 59.2 Å². The van der Waals surface area contributed by atoms with Crippen LogP contribution < -0.4 is 0 Å². The van der Waals surface area contributed by atoms with E-state index in [1.165, 1.54) is 36.4 Å². The number of carboxylic acids is 2. The van der Waals surface area contributed by atoms with E-state index in [0.29, 0.717) is 0 Å². The van der Waals surface area contributed by atoms with E-state index < -0.39 is 18.1 Å². The molecule has 0 aliphatic rings. The first-order valence-corrected chi connectivity index (χ1v) is 7.76. The van der Waals surface area contributed by atoms with Gasteiger partial charge in [-0.05, 0) is 47.9 Å². The van der Waals surface area contributed by atoms with E-state index in [1.54, 1.807) is 6.07 Å². The lowest BCUT2D eigenvalue weighted by molar-refractivity contribution is 0.0681. The van der Waals surface area contributed by atoms with Crippen molar-refractivity contribution >= 4 is 18.1 Å². The molecule has 0 aromatic heterocycles. The van der Waals surface area contributed by atoms with E-state index in [-0.39, 0.29) is 28.0 Å². The second kappa shape index (κ2) is 10.4. The maximum atomic E-state index is 10.3. The molecule has 9 heteroatoms. The van der Waals surface area contributed by atoms with Crippen LogP contribution >= 0.6 is 0 Å². The molecule has 2 aromatic rings. The van der Waals surface area contributed by atoms with Gasteiger partial charge in [0.2, 0.25) is 0 Å². The Balaban J connectivity index is 0.000000439. The highest BCUT2D eigenvalue weighted by atomic mass is 16.6. The number of carbonyl (C=O) groups is 3. The van der Waals surface area contributed by atoms with Crippen LogP contribution in [0.1, 0.15) is 47.1 Å². The molecule has 2 rings (SSSR count). The number of carboxylic acid groups (broad SMARTS) is 4. The molecular weight excluding hydrogens is 372 g/mol. The number of aromatic hydroxyl groups is 2. The van der Waals surface area contributed by atoms with Crippen molar-refractivity contribution in [1.29, 1.82) is 0 Å². The van der Waals surface area contributed by atoms with Crippen molar-refractivity contribution in [3.8, 4) is 11.5 Å². The van der Waals surface area contributed by atoms with Crippen molar-refractivity contribution in [2.24, 2.45) is 0 Å². The highest BCUT2D eigenvalue weighted by Crippen LogP contribution is 2.32. The van der Waals surface area contributed by atoms with Crippen LogP contribution in [-0.2, 0) is 5.41 Å². The largest absolute Gasteiger partial charge is 0.508 e. The molecule has 0 heterocycles. The smallest absolute Gasteiger partial charge is 0.503 e. The van der Waals surface area contributed by atoms with Crippen LogP contribution in [0, 0.1) is 0 Å².